The van der Waals surface area contributed by atoms with Gasteiger partial charge in [0.05, 0.1) is 39.6 Å². The number of nitrogens with one attached hydrogen (secondary N) is 2. The van der Waals surface area contributed by atoms with E-state index in [0.717, 1.165) is 15.9 Å². The molecule has 0 aliphatic carbocycles. The zero-order valence-corrected chi connectivity index (χ0v) is 17.6. The van der Waals surface area contributed by atoms with Crippen LogP contribution >= 0.6 is 15.9 Å². The topological polar surface area (TPSA) is 112 Å². The van der Waals surface area contributed by atoms with Crippen LogP contribution in [-0.2, 0) is 25.4 Å². The molecule has 3 rings (SSSR count). The number of carbonyl (C=O) groups is 2. The highest BCUT2D eigenvalue weighted by molar-refractivity contribution is 9.10. The van der Waals surface area contributed by atoms with E-state index in [4.69, 9.17) is 0 Å². The van der Waals surface area contributed by atoms with Crippen LogP contribution in [-0.4, -0.2) is 41.2 Å². The van der Waals surface area contributed by atoms with Gasteiger partial charge in [-0.3, -0.25) is 23.6 Å². The molecule has 0 aromatic carbocycles. The first kappa shape index (κ1) is 19.8. The minimum Gasteiger partial charge on any atom is -0.323 e. The van der Waals surface area contributed by atoms with E-state index in [1.807, 2.05) is 20.0 Å². The lowest BCUT2D eigenvalue weighted by Gasteiger charge is -2.09. The van der Waals surface area contributed by atoms with Gasteiger partial charge in [0, 0.05) is 33.3 Å². The molecule has 148 valence electrons. The van der Waals surface area contributed by atoms with Gasteiger partial charge in [-0.25, -0.2) is 0 Å². The fraction of sp³-hybridized carbons (Fsp3) is 0.353. The normalized spacial score (nSPS) is 10.9. The lowest BCUT2D eigenvalue weighted by atomic mass is 10.3. The van der Waals surface area contributed by atoms with Gasteiger partial charge in [-0.05, 0) is 29.8 Å². The Morgan fingerprint density at radius 1 is 1.07 bits per heavy atom. The van der Waals surface area contributed by atoms with Crippen LogP contribution in [0, 0.1) is 13.8 Å². The molecule has 0 saturated heterocycles. The van der Waals surface area contributed by atoms with Crippen molar-refractivity contribution in [2.45, 2.75) is 26.8 Å². The zero-order valence-electron chi connectivity index (χ0n) is 16.0. The molecule has 3 heterocycles. The van der Waals surface area contributed by atoms with Crippen molar-refractivity contribution < 1.29 is 9.59 Å². The molecule has 0 bridgehead atoms. The van der Waals surface area contributed by atoms with Crippen LogP contribution in [0.4, 0.5) is 11.4 Å². The number of aryl methyl sites for hydroxylation is 4. The fourth-order valence-electron chi connectivity index (χ4n) is 2.64. The van der Waals surface area contributed by atoms with Crippen molar-refractivity contribution in [3.63, 3.8) is 0 Å². The number of carbonyl (C=O) groups excluding carboxylic acids is 2. The average molecular weight is 449 g/mol. The minimum absolute atomic E-state index is 0.214. The highest BCUT2D eigenvalue weighted by Crippen LogP contribution is 2.19. The first-order valence-electron chi connectivity index (χ1n) is 8.57. The molecule has 0 spiro atoms. The van der Waals surface area contributed by atoms with Gasteiger partial charge in [-0.15, -0.1) is 0 Å². The lowest BCUT2D eigenvalue weighted by Crippen LogP contribution is -2.21. The van der Waals surface area contributed by atoms with Crippen molar-refractivity contribution in [3.8, 4) is 0 Å². The summed E-state index contributed by atoms with van der Waals surface area (Å²) in [5.74, 6) is -0.609. The smallest absolute Gasteiger partial charge is 0.276 e. The highest BCUT2D eigenvalue weighted by Gasteiger charge is 2.20. The maximum absolute atomic E-state index is 12.7. The number of hydrogen-bond acceptors (Lipinski definition) is 5. The molecule has 3 aromatic rings. The standard InChI is InChI=1S/C17H21BrN8O2/c1-10-12(18)9-26(23-10)6-5-15(27)21-14-8-20-25(4)16(14)17(28)22-13-7-19-24(3)11(13)2/h7-9H,5-6H2,1-4H3,(H,21,27)(H,22,28). The Balaban J connectivity index is 1.67. The molecule has 10 nitrogen and oxygen atoms in total. The Morgan fingerprint density at radius 3 is 2.36 bits per heavy atom. The van der Waals surface area contributed by atoms with Gasteiger partial charge in [-0.2, -0.15) is 15.3 Å². The Hall–Kier alpha value is -2.95. The number of amides is 2. The molecule has 0 aliphatic heterocycles. The summed E-state index contributed by atoms with van der Waals surface area (Å²) in [6.45, 7) is 4.16. The maximum Gasteiger partial charge on any atom is 0.276 e. The van der Waals surface area contributed by atoms with Crippen LogP contribution in [0.5, 0.6) is 0 Å². The van der Waals surface area contributed by atoms with Crippen molar-refractivity contribution in [1.29, 1.82) is 0 Å². The molecule has 0 saturated carbocycles. The van der Waals surface area contributed by atoms with Gasteiger partial charge in [-0.1, -0.05) is 0 Å². The lowest BCUT2D eigenvalue weighted by molar-refractivity contribution is -0.116. The maximum atomic E-state index is 12.7. The largest absolute Gasteiger partial charge is 0.323 e. The molecule has 0 aliphatic rings. The van der Waals surface area contributed by atoms with Crippen LogP contribution in [0.3, 0.4) is 0 Å². The predicted octanol–water partition coefficient (Wildman–Crippen LogP) is 2.01. The monoisotopic (exact) mass is 448 g/mol. The first-order chi connectivity index (χ1) is 13.3. The zero-order chi connectivity index (χ0) is 20.4. The summed E-state index contributed by atoms with van der Waals surface area (Å²) in [6, 6.07) is 0. The van der Waals surface area contributed by atoms with E-state index in [2.05, 4.69) is 41.9 Å². The van der Waals surface area contributed by atoms with Gasteiger partial charge in [0.25, 0.3) is 5.91 Å². The van der Waals surface area contributed by atoms with E-state index in [1.54, 1.807) is 29.7 Å². The van der Waals surface area contributed by atoms with E-state index in [1.165, 1.54) is 10.9 Å². The second kappa shape index (κ2) is 7.97. The third kappa shape index (κ3) is 4.14. The molecule has 0 unspecified atom stereocenters. The molecular weight excluding hydrogens is 428 g/mol. The number of aromatic nitrogens is 6. The molecule has 2 amide bonds. The van der Waals surface area contributed by atoms with Gasteiger partial charge in [0.2, 0.25) is 5.91 Å². The van der Waals surface area contributed by atoms with Crippen LogP contribution in [0.25, 0.3) is 0 Å². The summed E-state index contributed by atoms with van der Waals surface area (Å²) in [6.07, 6.45) is 5.07. The SMILES string of the molecule is Cc1nn(CCC(=O)Nc2cnn(C)c2C(=O)Nc2cnn(C)c2C)cc1Br. The summed E-state index contributed by atoms with van der Waals surface area (Å²) in [5, 5.41) is 18.0. The number of anilines is 2. The minimum atomic E-state index is -0.377. The molecule has 0 radical (unpaired) electrons. The van der Waals surface area contributed by atoms with Crippen molar-refractivity contribution >= 4 is 39.1 Å². The van der Waals surface area contributed by atoms with Crippen LogP contribution in [0.15, 0.2) is 23.1 Å². The quantitative estimate of drug-likeness (QED) is 0.598. The third-order valence-corrected chi connectivity index (χ3v) is 5.14. The van der Waals surface area contributed by atoms with E-state index < -0.39 is 0 Å². The fourth-order valence-corrected chi connectivity index (χ4v) is 2.95. The Labute approximate surface area is 170 Å². The van der Waals surface area contributed by atoms with Crippen LogP contribution < -0.4 is 10.6 Å². The molecule has 2 N–H and O–H groups in total. The van der Waals surface area contributed by atoms with Crippen molar-refractivity contribution in [2.75, 3.05) is 10.6 Å². The molecule has 3 aromatic heterocycles. The summed E-state index contributed by atoms with van der Waals surface area (Å²) >= 11 is 3.39. The van der Waals surface area contributed by atoms with E-state index in [-0.39, 0.29) is 23.9 Å². The summed E-state index contributed by atoms with van der Waals surface area (Å²) in [5.41, 5.74) is 2.89. The first-order valence-corrected chi connectivity index (χ1v) is 9.37. The molecule has 28 heavy (non-hydrogen) atoms. The Kier molecular flexibility index (Phi) is 5.63. The number of rotatable bonds is 6. The summed E-state index contributed by atoms with van der Waals surface area (Å²) < 4.78 is 5.67. The molecule has 11 heteroatoms. The van der Waals surface area contributed by atoms with Gasteiger partial charge in [0.1, 0.15) is 5.69 Å². The molecule has 0 fully saturated rings. The molecule has 0 atom stereocenters. The second-order valence-corrected chi connectivity index (χ2v) is 7.23. The van der Waals surface area contributed by atoms with E-state index >= 15 is 0 Å². The van der Waals surface area contributed by atoms with Crippen molar-refractivity contribution in [1.82, 2.24) is 29.3 Å². The second-order valence-electron chi connectivity index (χ2n) is 6.38. The third-order valence-electron chi connectivity index (χ3n) is 4.37. The van der Waals surface area contributed by atoms with E-state index in [0.29, 0.717) is 17.9 Å². The summed E-state index contributed by atoms with van der Waals surface area (Å²) in [4.78, 5) is 25.0. The predicted molar refractivity (Wildman–Crippen MR) is 107 cm³/mol. The van der Waals surface area contributed by atoms with Gasteiger partial charge < -0.3 is 10.6 Å². The molecular formula is C17H21BrN8O2. The van der Waals surface area contributed by atoms with Gasteiger partial charge in [0.15, 0.2) is 0 Å². The highest BCUT2D eigenvalue weighted by atomic mass is 79.9. The van der Waals surface area contributed by atoms with Crippen LogP contribution in [0.1, 0.15) is 28.3 Å². The van der Waals surface area contributed by atoms with E-state index in [9.17, 15) is 9.59 Å². The van der Waals surface area contributed by atoms with Crippen molar-refractivity contribution in [2.24, 2.45) is 14.1 Å². The van der Waals surface area contributed by atoms with Crippen LogP contribution in [0.2, 0.25) is 0 Å². The number of halogens is 1. The van der Waals surface area contributed by atoms with Gasteiger partial charge >= 0.3 is 0 Å². The van der Waals surface area contributed by atoms with Crippen molar-refractivity contribution in [3.05, 3.63) is 40.1 Å². The number of nitrogens with zero attached hydrogens (tertiary/aromatic N) is 6. The average Bonchev–Trinajstić information content (AvgIpc) is 3.27. The Bertz CT molecular complexity index is 1010. The summed E-state index contributed by atoms with van der Waals surface area (Å²) in [7, 11) is 3.44. The Morgan fingerprint density at radius 2 is 1.75 bits per heavy atom. The number of hydrogen-bond donors (Lipinski definition) is 2.